The molecule has 4 rings (SSSR count). The van der Waals surface area contributed by atoms with Crippen molar-refractivity contribution in [2.45, 2.75) is 25.3 Å². The molecule has 1 atom stereocenters. The summed E-state index contributed by atoms with van der Waals surface area (Å²) >= 11 is 0.936. The summed E-state index contributed by atoms with van der Waals surface area (Å²) in [4.78, 5) is 41.0. The molecule has 0 spiro atoms. The lowest BCUT2D eigenvalue weighted by Crippen LogP contribution is -2.42. The monoisotopic (exact) mass is 449 g/mol. The van der Waals surface area contributed by atoms with Crippen LogP contribution in [0.25, 0.3) is 6.08 Å². The van der Waals surface area contributed by atoms with Gasteiger partial charge in [0.05, 0.1) is 11.4 Å². The Morgan fingerprint density at radius 1 is 1.16 bits per heavy atom. The number of carbonyl (C=O) groups excluding carboxylic acids is 3. The third-order valence-corrected chi connectivity index (χ3v) is 6.80. The van der Waals surface area contributed by atoms with E-state index in [4.69, 9.17) is 0 Å². The van der Waals surface area contributed by atoms with E-state index in [1.165, 1.54) is 16.0 Å². The van der Waals surface area contributed by atoms with Gasteiger partial charge in [-0.05, 0) is 60.8 Å². The first-order valence-electron chi connectivity index (χ1n) is 10.9. The lowest BCUT2D eigenvalue weighted by atomic mass is 9.87. The Balaban J connectivity index is 1.27. The molecule has 1 aliphatic heterocycles. The van der Waals surface area contributed by atoms with E-state index in [0.717, 1.165) is 36.6 Å². The SMILES string of the molecule is CN(CC(=O)NCCN1C(=O)S/C(=C/c2ccccc2)C1=O)[C@@H]1CCCc2ccccc21. The van der Waals surface area contributed by atoms with Gasteiger partial charge in [0.2, 0.25) is 5.91 Å². The summed E-state index contributed by atoms with van der Waals surface area (Å²) in [5.74, 6) is -0.420. The fourth-order valence-corrected chi connectivity index (χ4v) is 5.14. The van der Waals surface area contributed by atoms with Crippen LogP contribution in [0.5, 0.6) is 0 Å². The molecule has 1 saturated heterocycles. The van der Waals surface area contributed by atoms with Gasteiger partial charge in [0, 0.05) is 19.1 Å². The molecule has 0 aromatic heterocycles. The minimum absolute atomic E-state index is 0.109. The number of fused-ring (bicyclic) bond motifs is 1. The van der Waals surface area contributed by atoms with Crippen molar-refractivity contribution in [1.29, 1.82) is 0 Å². The zero-order valence-electron chi connectivity index (χ0n) is 18.1. The standard InChI is InChI=1S/C25H27N3O3S/c1-27(21-13-7-11-19-10-5-6-12-20(19)21)17-23(29)26-14-15-28-24(30)22(32-25(28)31)16-18-8-3-2-4-9-18/h2-6,8-10,12,16,21H,7,11,13-15,17H2,1H3,(H,26,29)/b22-16+/t21-/m1/s1. The number of thioether (sulfide) groups is 1. The number of amides is 3. The number of benzene rings is 2. The van der Waals surface area contributed by atoms with Crippen LogP contribution in [0.2, 0.25) is 0 Å². The molecule has 0 radical (unpaired) electrons. The molecular formula is C25H27N3O3S. The van der Waals surface area contributed by atoms with Crippen LogP contribution in [0.1, 0.15) is 35.6 Å². The van der Waals surface area contributed by atoms with E-state index in [9.17, 15) is 14.4 Å². The number of imide groups is 1. The number of nitrogens with one attached hydrogen (secondary N) is 1. The molecule has 2 aliphatic rings. The average Bonchev–Trinajstić information content (AvgIpc) is 3.06. The Morgan fingerprint density at radius 3 is 2.72 bits per heavy atom. The Morgan fingerprint density at radius 2 is 1.91 bits per heavy atom. The van der Waals surface area contributed by atoms with E-state index in [1.54, 1.807) is 6.08 Å². The van der Waals surface area contributed by atoms with Crippen molar-refractivity contribution < 1.29 is 14.4 Å². The molecule has 2 aromatic rings. The molecule has 0 bridgehead atoms. The second kappa shape index (κ2) is 10.1. The second-order valence-electron chi connectivity index (χ2n) is 8.12. The molecule has 1 aliphatic carbocycles. The number of rotatable bonds is 7. The lowest BCUT2D eigenvalue weighted by Gasteiger charge is -2.32. The van der Waals surface area contributed by atoms with Crippen molar-refractivity contribution in [2.24, 2.45) is 0 Å². The van der Waals surface area contributed by atoms with Crippen molar-refractivity contribution in [1.82, 2.24) is 15.1 Å². The summed E-state index contributed by atoms with van der Waals surface area (Å²) in [6, 6.07) is 18.1. The maximum absolute atomic E-state index is 12.6. The number of hydrogen-bond acceptors (Lipinski definition) is 5. The zero-order chi connectivity index (χ0) is 22.5. The van der Waals surface area contributed by atoms with E-state index in [1.807, 2.05) is 43.4 Å². The molecule has 32 heavy (non-hydrogen) atoms. The van der Waals surface area contributed by atoms with E-state index < -0.39 is 0 Å². The first-order chi connectivity index (χ1) is 15.5. The topological polar surface area (TPSA) is 69.7 Å². The summed E-state index contributed by atoms with van der Waals surface area (Å²) in [6.45, 7) is 0.678. The molecule has 1 fully saturated rings. The number of carbonyl (C=O) groups is 3. The summed E-state index contributed by atoms with van der Waals surface area (Å²) < 4.78 is 0. The highest BCUT2D eigenvalue weighted by atomic mass is 32.2. The lowest BCUT2D eigenvalue weighted by molar-refractivity contribution is -0.125. The molecule has 0 unspecified atom stereocenters. The zero-order valence-corrected chi connectivity index (χ0v) is 18.9. The van der Waals surface area contributed by atoms with Crippen LogP contribution in [0, 0.1) is 0 Å². The van der Waals surface area contributed by atoms with E-state index in [0.29, 0.717) is 4.91 Å². The minimum Gasteiger partial charge on any atom is -0.353 e. The van der Waals surface area contributed by atoms with Crippen molar-refractivity contribution in [3.8, 4) is 0 Å². The van der Waals surface area contributed by atoms with Crippen molar-refractivity contribution in [3.05, 3.63) is 76.2 Å². The van der Waals surface area contributed by atoms with Crippen LogP contribution >= 0.6 is 11.8 Å². The van der Waals surface area contributed by atoms with Crippen LogP contribution in [0.4, 0.5) is 4.79 Å². The Hall–Kier alpha value is -2.90. The molecule has 6 nitrogen and oxygen atoms in total. The predicted molar refractivity (Wildman–Crippen MR) is 127 cm³/mol. The Labute approximate surface area is 192 Å². The van der Waals surface area contributed by atoms with Gasteiger partial charge in [0.1, 0.15) is 0 Å². The van der Waals surface area contributed by atoms with E-state index in [-0.39, 0.29) is 42.7 Å². The molecular weight excluding hydrogens is 422 g/mol. The molecule has 7 heteroatoms. The molecule has 1 heterocycles. The number of likely N-dealkylation sites (N-methyl/N-ethyl adjacent to an activating group) is 1. The van der Waals surface area contributed by atoms with Crippen molar-refractivity contribution in [3.63, 3.8) is 0 Å². The van der Waals surface area contributed by atoms with Gasteiger partial charge in [0.15, 0.2) is 0 Å². The number of hydrogen-bond donors (Lipinski definition) is 1. The van der Waals surface area contributed by atoms with Crippen LogP contribution < -0.4 is 5.32 Å². The first-order valence-corrected chi connectivity index (χ1v) is 11.7. The van der Waals surface area contributed by atoms with Gasteiger partial charge in [-0.3, -0.25) is 24.2 Å². The third kappa shape index (κ3) is 5.11. The Bertz CT molecular complexity index is 1040. The molecule has 166 valence electrons. The quantitative estimate of drug-likeness (QED) is 0.651. The van der Waals surface area contributed by atoms with Gasteiger partial charge < -0.3 is 5.32 Å². The minimum atomic E-state index is -0.311. The molecule has 1 N–H and O–H groups in total. The summed E-state index contributed by atoms with van der Waals surface area (Å²) in [5.41, 5.74) is 3.54. The van der Waals surface area contributed by atoms with Gasteiger partial charge in [-0.25, -0.2) is 0 Å². The van der Waals surface area contributed by atoms with Crippen molar-refractivity contribution in [2.75, 3.05) is 26.7 Å². The first kappa shape index (κ1) is 22.3. The van der Waals surface area contributed by atoms with Gasteiger partial charge >= 0.3 is 0 Å². The Kier molecular flexibility index (Phi) is 7.07. The van der Waals surface area contributed by atoms with Crippen LogP contribution in [0.15, 0.2) is 59.5 Å². The highest BCUT2D eigenvalue weighted by molar-refractivity contribution is 8.18. The second-order valence-corrected chi connectivity index (χ2v) is 9.11. The van der Waals surface area contributed by atoms with Crippen LogP contribution in [0.3, 0.4) is 0 Å². The van der Waals surface area contributed by atoms with Gasteiger partial charge in [-0.1, -0.05) is 54.6 Å². The largest absolute Gasteiger partial charge is 0.353 e. The summed E-state index contributed by atoms with van der Waals surface area (Å²) in [5, 5.41) is 2.55. The maximum atomic E-state index is 12.6. The highest BCUT2D eigenvalue weighted by Gasteiger charge is 2.34. The van der Waals surface area contributed by atoms with E-state index in [2.05, 4.69) is 28.4 Å². The third-order valence-electron chi connectivity index (χ3n) is 5.89. The van der Waals surface area contributed by atoms with Gasteiger partial charge in [0.25, 0.3) is 11.1 Å². The fourth-order valence-electron chi connectivity index (χ4n) is 4.28. The molecule has 3 amide bonds. The van der Waals surface area contributed by atoms with Gasteiger partial charge in [-0.15, -0.1) is 0 Å². The number of aryl methyl sites for hydroxylation is 1. The highest BCUT2D eigenvalue weighted by Crippen LogP contribution is 2.33. The predicted octanol–water partition coefficient (Wildman–Crippen LogP) is 3.85. The fraction of sp³-hybridized carbons (Fsp3) is 0.320. The molecule has 0 saturated carbocycles. The molecule has 2 aromatic carbocycles. The van der Waals surface area contributed by atoms with Crippen molar-refractivity contribution >= 4 is 34.9 Å². The smallest absolute Gasteiger partial charge is 0.293 e. The van der Waals surface area contributed by atoms with Crippen LogP contribution in [-0.2, 0) is 16.0 Å². The summed E-state index contributed by atoms with van der Waals surface area (Å²) in [7, 11) is 1.97. The maximum Gasteiger partial charge on any atom is 0.293 e. The van der Waals surface area contributed by atoms with Gasteiger partial charge in [-0.2, -0.15) is 0 Å². The van der Waals surface area contributed by atoms with Crippen LogP contribution in [-0.4, -0.2) is 53.5 Å². The average molecular weight is 450 g/mol. The normalized spacial score (nSPS) is 19.5. The number of nitrogens with zero attached hydrogens (tertiary/aromatic N) is 2. The van der Waals surface area contributed by atoms with E-state index >= 15 is 0 Å². The summed E-state index contributed by atoms with van der Waals surface area (Å²) in [6.07, 6.45) is 4.96.